The number of nitrogens with zero attached hydrogens (tertiary/aromatic N) is 3. The first-order chi connectivity index (χ1) is 14.9. The second-order valence-electron chi connectivity index (χ2n) is 6.00. The van der Waals surface area contributed by atoms with E-state index in [1.54, 1.807) is 36.5 Å². The van der Waals surface area contributed by atoms with Gasteiger partial charge in [-0.05, 0) is 48.0 Å². The summed E-state index contributed by atoms with van der Waals surface area (Å²) in [6.07, 6.45) is 2.91. The van der Waals surface area contributed by atoms with Gasteiger partial charge in [-0.1, -0.05) is 41.0 Å². The number of carbonyl (C=O) groups excluding carboxylic acids is 1. The predicted octanol–water partition coefficient (Wildman–Crippen LogP) is 5.99. The Bertz CT molecular complexity index is 1230. The molecule has 0 fully saturated rings. The highest BCUT2D eigenvalue weighted by molar-refractivity contribution is 7.99. The number of aromatic nitrogens is 1. The highest BCUT2D eigenvalue weighted by atomic mass is 35.5. The van der Waals surface area contributed by atoms with Crippen LogP contribution in [-0.2, 0) is 4.79 Å². The molecule has 1 heterocycles. The Balaban J connectivity index is 1.97. The van der Waals surface area contributed by atoms with Gasteiger partial charge in [0.1, 0.15) is 16.7 Å². The van der Waals surface area contributed by atoms with E-state index >= 15 is 0 Å². The van der Waals surface area contributed by atoms with Gasteiger partial charge in [-0.2, -0.15) is 5.26 Å². The number of amides is 1. The summed E-state index contributed by atoms with van der Waals surface area (Å²) in [4.78, 5) is 28.1. The standard InChI is InChI=1S/C21H12Cl2N4O3S/c22-15-4-6-18(17(23)11-15)26-21(28)14(12-24)9-13-10-16(27(29)30)5-7-19(13)31-20-3-1-2-8-25-20/h1-11H,(H,26,28). The zero-order chi connectivity index (χ0) is 22.4. The van der Waals surface area contributed by atoms with Crippen LogP contribution in [0.1, 0.15) is 5.56 Å². The van der Waals surface area contributed by atoms with E-state index in [0.29, 0.717) is 20.5 Å². The molecule has 3 aromatic rings. The predicted molar refractivity (Wildman–Crippen MR) is 120 cm³/mol. The second-order valence-corrected chi connectivity index (χ2v) is 7.90. The smallest absolute Gasteiger partial charge is 0.270 e. The summed E-state index contributed by atoms with van der Waals surface area (Å²) in [5, 5.41) is 24.5. The van der Waals surface area contributed by atoms with E-state index in [2.05, 4.69) is 10.3 Å². The van der Waals surface area contributed by atoms with Gasteiger partial charge in [-0.3, -0.25) is 14.9 Å². The second kappa shape index (κ2) is 10.1. The number of carbonyl (C=O) groups is 1. The zero-order valence-electron chi connectivity index (χ0n) is 15.6. The number of rotatable bonds is 6. The van der Waals surface area contributed by atoms with Crippen LogP contribution in [0.2, 0.25) is 10.0 Å². The maximum absolute atomic E-state index is 12.6. The molecule has 0 saturated carbocycles. The molecule has 0 saturated heterocycles. The quantitative estimate of drug-likeness (QED) is 0.205. The van der Waals surface area contributed by atoms with E-state index in [-0.39, 0.29) is 22.0 Å². The summed E-state index contributed by atoms with van der Waals surface area (Å²) in [5.41, 5.74) is 0.183. The molecule has 0 spiro atoms. The molecular formula is C21H12Cl2N4O3S. The van der Waals surface area contributed by atoms with Crippen LogP contribution in [0.3, 0.4) is 0 Å². The van der Waals surface area contributed by atoms with E-state index in [4.69, 9.17) is 23.2 Å². The van der Waals surface area contributed by atoms with E-state index in [9.17, 15) is 20.2 Å². The van der Waals surface area contributed by atoms with Gasteiger partial charge in [0, 0.05) is 28.2 Å². The molecule has 0 aliphatic rings. The van der Waals surface area contributed by atoms with Crippen molar-refractivity contribution < 1.29 is 9.72 Å². The Hall–Kier alpha value is -3.38. The van der Waals surface area contributed by atoms with Crippen molar-refractivity contribution in [1.29, 1.82) is 5.26 Å². The van der Waals surface area contributed by atoms with Gasteiger partial charge < -0.3 is 5.32 Å². The minimum atomic E-state index is -0.716. The number of pyridine rings is 1. The molecule has 3 rings (SSSR count). The van der Waals surface area contributed by atoms with Crippen LogP contribution in [0.5, 0.6) is 0 Å². The summed E-state index contributed by atoms with van der Waals surface area (Å²) >= 11 is 13.2. The van der Waals surface area contributed by atoms with Crippen molar-refractivity contribution in [3.8, 4) is 6.07 Å². The fraction of sp³-hybridized carbons (Fsp3) is 0. The largest absolute Gasteiger partial charge is 0.320 e. The summed E-state index contributed by atoms with van der Waals surface area (Å²) in [5.74, 6) is -0.716. The minimum Gasteiger partial charge on any atom is -0.320 e. The third-order valence-electron chi connectivity index (χ3n) is 3.90. The minimum absolute atomic E-state index is 0.171. The number of nitro groups is 1. The molecule has 1 aromatic heterocycles. The average Bonchev–Trinajstić information content (AvgIpc) is 2.75. The summed E-state index contributed by atoms with van der Waals surface area (Å²) in [6, 6.07) is 15.9. The number of hydrogen-bond acceptors (Lipinski definition) is 6. The molecule has 0 bridgehead atoms. The maximum atomic E-state index is 12.6. The van der Waals surface area contributed by atoms with Gasteiger partial charge in [0.2, 0.25) is 0 Å². The topological polar surface area (TPSA) is 109 Å². The number of nitro benzene ring substituents is 1. The van der Waals surface area contributed by atoms with Gasteiger partial charge in [-0.15, -0.1) is 0 Å². The molecule has 2 aromatic carbocycles. The monoisotopic (exact) mass is 470 g/mol. The highest BCUT2D eigenvalue weighted by Gasteiger charge is 2.16. The molecule has 7 nitrogen and oxygen atoms in total. The van der Waals surface area contributed by atoms with Crippen molar-refractivity contribution in [2.24, 2.45) is 0 Å². The molecule has 10 heteroatoms. The first-order valence-electron chi connectivity index (χ1n) is 8.63. The lowest BCUT2D eigenvalue weighted by Gasteiger charge is -2.08. The number of benzene rings is 2. The zero-order valence-corrected chi connectivity index (χ0v) is 17.9. The number of nitrogens with one attached hydrogen (secondary N) is 1. The Morgan fingerprint density at radius 3 is 2.65 bits per heavy atom. The third kappa shape index (κ3) is 5.83. The van der Waals surface area contributed by atoms with Crippen molar-refractivity contribution in [3.63, 3.8) is 0 Å². The first-order valence-corrected chi connectivity index (χ1v) is 10.2. The first kappa shape index (κ1) is 22.3. The third-order valence-corrected chi connectivity index (χ3v) is 5.49. The van der Waals surface area contributed by atoms with Crippen molar-refractivity contribution in [2.45, 2.75) is 9.92 Å². The van der Waals surface area contributed by atoms with E-state index in [1.165, 1.54) is 42.1 Å². The fourth-order valence-corrected chi connectivity index (χ4v) is 3.77. The van der Waals surface area contributed by atoms with Crippen LogP contribution in [0, 0.1) is 21.4 Å². The summed E-state index contributed by atoms with van der Waals surface area (Å²) < 4.78 is 0. The molecule has 0 radical (unpaired) electrons. The lowest BCUT2D eigenvalue weighted by molar-refractivity contribution is -0.384. The molecule has 154 valence electrons. The van der Waals surface area contributed by atoms with Crippen LogP contribution in [0.4, 0.5) is 11.4 Å². The van der Waals surface area contributed by atoms with E-state index < -0.39 is 10.8 Å². The van der Waals surface area contributed by atoms with Crippen LogP contribution in [-0.4, -0.2) is 15.8 Å². The molecule has 0 atom stereocenters. The molecule has 0 aliphatic carbocycles. The van der Waals surface area contributed by atoms with Crippen molar-refractivity contribution >= 4 is 58.3 Å². The molecule has 1 N–H and O–H groups in total. The molecule has 31 heavy (non-hydrogen) atoms. The van der Waals surface area contributed by atoms with Crippen LogP contribution >= 0.6 is 35.0 Å². The molecule has 0 unspecified atom stereocenters. The van der Waals surface area contributed by atoms with Crippen molar-refractivity contribution in [1.82, 2.24) is 4.98 Å². The SMILES string of the molecule is N#CC(=Cc1cc([N+](=O)[O-])ccc1Sc1ccccn1)C(=O)Nc1ccc(Cl)cc1Cl. The number of halogens is 2. The van der Waals surface area contributed by atoms with Crippen LogP contribution < -0.4 is 5.32 Å². The number of non-ortho nitro benzene ring substituents is 1. The number of hydrogen-bond donors (Lipinski definition) is 1. The molecule has 1 amide bonds. The number of anilines is 1. The summed E-state index contributed by atoms with van der Waals surface area (Å²) in [7, 11) is 0. The van der Waals surface area contributed by atoms with Crippen molar-refractivity contribution in [2.75, 3.05) is 5.32 Å². The average molecular weight is 471 g/mol. The Morgan fingerprint density at radius 2 is 2.00 bits per heavy atom. The van der Waals surface area contributed by atoms with Crippen LogP contribution in [0.25, 0.3) is 6.08 Å². The highest BCUT2D eigenvalue weighted by Crippen LogP contribution is 2.33. The van der Waals surface area contributed by atoms with Crippen LogP contribution in [0.15, 0.2) is 76.3 Å². The lowest BCUT2D eigenvalue weighted by Crippen LogP contribution is -2.13. The van der Waals surface area contributed by atoms with E-state index in [0.717, 1.165) is 0 Å². The Labute approximate surface area is 191 Å². The Kier molecular flexibility index (Phi) is 7.26. The fourth-order valence-electron chi connectivity index (χ4n) is 2.46. The molecule has 0 aliphatic heterocycles. The van der Waals surface area contributed by atoms with E-state index in [1.807, 2.05) is 6.07 Å². The normalized spacial score (nSPS) is 10.9. The van der Waals surface area contributed by atoms with Gasteiger partial charge in [0.15, 0.2) is 0 Å². The van der Waals surface area contributed by atoms with Gasteiger partial charge in [0.25, 0.3) is 11.6 Å². The molecular weight excluding hydrogens is 459 g/mol. The van der Waals surface area contributed by atoms with Crippen molar-refractivity contribution in [3.05, 3.63) is 92.1 Å². The van der Waals surface area contributed by atoms with Gasteiger partial charge >= 0.3 is 0 Å². The van der Waals surface area contributed by atoms with Gasteiger partial charge in [-0.25, -0.2) is 4.98 Å². The Morgan fingerprint density at radius 1 is 1.19 bits per heavy atom. The number of nitriles is 1. The van der Waals surface area contributed by atoms with Gasteiger partial charge in [0.05, 0.1) is 15.6 Å². The lowest BCUT2D eigenvalue weighted by atomic mass is 10.1. The summed E-state index contributed by atoms with van der Waals surface area (Å²) in [6.45, 7) is 0. The maximum Gasteiger partial charge on any atom is 0.270 e.